The molecule has 2 aromatic rings. The molecule has 0 bridgehead atoms. The zero-order chi connectivity index (χ0) is 13.5. The predicted octanol–water partition coefficient (Wildman–Crippen LogP) is 4.34. The molecule has 0 spiro atoms. The number of benzene rings is 2. The van der Waals surface area contributed by atoms with Crippen molar-refractivity contribution in [2.24, 2.45) is 0 Å². The van der Waals surface area contributed by atoms with Gasteiger partial charge in [0.25, 0.3) is 0 Å². The maximum absolute atomic E-state index is 9.52. The van der Waals surface area contributed by atoms with Crippen LogP contribution in [0, 0.1) is 0 Å². The molecule has 0 radical (unpaired) electrons. The van der Waals surface area contributed by atoms with Gasteiger partial charge < -0.3 is 9.84 Å². The molecule has 2 nitrogen and oxygen atoms in total. The van der Waals surface area contributed by atoms with Crippen molar-refractivity contribution in [3.8, 4) is 11.5 Å². The Labute approximate surface area is 118 Å². The molecule has 1 N–H and O–H groups in total. The van der Waals surface area contributed by atoms with Crippen molar-refractivity contribution in [3.63, 3.8) is 0 Å². The minimum absolute atomic E-state index is 0.231. The first-order chi connectivity index (χ1) is 9.28. The van der Waals surface area contributed by atoms with Gasteiger partial charge in [-0.3, -0.25) is 0 Å². The molecule has 0 aliphatic carbocycles. The Kier molecular flexibility index (Phi) is 5.31. The molecule has 2 rings (SSSR count). The topological polar surface area (TPSA) is 29.5 Å². The van der Waals surface area contributed by atoms with Crippen LogP contribution < -0.4 is 4.74 Å². The second-order valence-electron chi connectivity index (χ2n) is 4.26. The van der Waals surface area contributed by atoms with Gasteiger partial charge >= 0.3 is 0 Å². The number of thioether (sulfide) groups is 1. The van der Waals surface area contributed by atoms with Crippen molar-refractivity contribution in [1.29, 1.82) is 0 Å². The summed E-state index contributed by atoms with van der Waals surface area (Å²) in [6.45, 7) is 1.99. The van der Waals surface area contributed by atoms with Gasteiger partial charge in [-0.15, -0.1) is 11.8 Å². The second-order valence-corrected chi connectivity index (χ2v) is 5.35. The molecule has 1 atom stereocenters. The lowest BCUT2D eigenvalue weighted by Gasteiger charge is -2.08. The summed E-state index contributed by atoms with van der Waals surface area (Å²) in [5.74, 6) is 2.39. The van der Waals surface area contributed by atoms with Crippen LogP contribution in [-0.4, -0.2) is 17.0 Å². The summed E-state index contributed by atoms with van der Waals surface area (Å²) in [5, 5.41) is 9.52. The van der Waals surface area contributed by atoms with Gasteiger partial charge in [0.1, 0.15) is 11.5 Å². The minimum atomic E-state index is -0.231. The van der Waals surface area contributed by atoms with Crippen LogP contribution in [0.5, 0.6) is 11.5 Å². The summed E-state index contributed by atoms with van der Waals surface area (Å²) < 4.78 is 5.72. The summed E-state index contributed by atoms with van der Waals surface area (Å²) in [4.78, 5) is 1.15. The Morgan fingerprint density at radius 3 is 2.26 bits per heavy atom. The summed E-state index contributed by atoms with van der Waals surface area (Å²) in [5.41, 5.74) is 0. The fourth-order valence-corrected chi connectivity index (χ4v) is 2.49. The molecule has 0 saturated heterocycles. The van der Waals surface area contributed by atoms with Crippen molar-refractivity contribution in [2.45, 2.75) is 24.3 Å². The van der Waals surface area contributed by atoms with E-state index in [1.54, 1.807) is 11.8 Å². The smallest absolute Gasteiger partial charge is 0.127 e. The van der Waals surface area contributed by atoms with Crippen LogP contribution in [-0.2, 0) is 0 Å². The predicted molar refractivity (Wildman–Crippen MR) is 80.0 cm³/mol. The van der Waals surface area contributed by atoms with E-state index >= 15 is 0 Å². The van der Waals surface area contributed by atoms with Crippen molar-refractivity contribution in [1.82, 2.24) is 0 Å². The Balaban J connectivity index is 1.91. The van der Waals surface area contributed by atoms with Crippen LogP contribution in [0.2, 0.25) is 0 Å². The van der Waals surface area contributed by atoms with E-state index in [2.05, 4.69) is 0 Å². The van der Waals surface area contributed by atoms with Gasteiger partial charge in [0, 0.05) is 10.6 Å². The Morgan fingerprint density at radius 2 is 1.63 bits per heavy atom. The number of para-hydroxylation sites is 1. The maximum Gasteiger partial charge on any atom is 0.127 e. The molecule has 0 aliphatic heterocycles. The first kappa shape index (κ1) is 14.0. The number of rotatable bonds is 6. The molecule has 100 valence electrons. The third-order valence-electron chi connectivity index (χ3n) is 2.72. The van der Waals surface area contributed by atoms with E-state index in [-0.39, 0.29) is 6.10 Å². The average molecular weight is 274 g/mol. The van der Waals surface area contributed by atoms with Gasteiger partial charge in [-0.25, -0.2) is 0 Å². The van der Waals surface area contributed by atoms with E-state index in [1.165, 1.54) is 0 Å². The highest BCUT2D eigenvalue weighted by Gasteiger charge is 2.02. The lowest BCUT2D eigenvalue weighted by molar-refractivity contribution is 0.195. The molecule has 2 aromatic carbocycles. The Bertz CT molecular complexity index is 482. The fraction of sp³-hybridized carbons (Fsp3) is 0.250. The molecule has 0 fully saturated rings. The Hall–Kier alpha value is -1.45. The normalized spacial score (nSPS) is 12.1. The van der Waals surface area contributed by atoms with Crippen molar-refractivity contribution in [3.05, 3.63) is 54.6 Å². The molecular formula is C16H18O2S. The van der Waals surface area contributed by atoms with Crippen LogP contribution >= 0.6 is 11.8 Å². The average Bonchev–Trinajstić information content (AvgIpc) is 2.47. The van der Waals surface area contributed by atoms with Crippen LogP contribution in [0.4, 0.5) is 0 Å². The van der Waals surface area contributed by atoms with Crippen LogP contribution in [0.3, 0.4) is 0 Å². The zero-order valence-corrected chi connectivity index (χ0v) is 11.8. The highest BCUT2D eigenvalue weighted by atomic mass is 32.2. The Morgan fingerprint density at radius 1 is 1.00 bits per heavy atom. The van der Waals surface area contributed by atoms with Crippen molar-refractivity contribution in [2.75, 3.05) is 5.75 Å². The van der Waals surface area contributed by atoms with E-state index < -0.39 is 0 Å². The third-order valence-corrected chi connectivity index (χ3v) is 3.87. The second kappa shape index (κ2) is 7.22. The molecule has 19 heavy (non-hydrogen) atoms. The lowest BCUT2D eigenvalue weighted by atomic mass is 10.3. The van der Waals surface area contributed by atoms with Gasteiger partial charge in [-0.1, -0.05) is 25.1 Å². The zero-order valence-electron chi connectivity index (χ0n) is 11.0. The maximum atomic E-state index is 9.52. The van der Waals surface area contributed by atoms with Gasteiger partial charge in [-0.2, -0.15) is 0 Å². The summed E-state index contributed by atoms with van der Waals surface area (Å²) in [6.07, 6.45) is 0.563. The van der Waals surface area contributed by atoms with Crippen LogP contribution in [0.1, 0.15) is 13.3 Å². The highest BCUT2D eigenvalue weighted by molar-refractivity contribution is 7.99. The summed E-state index contributed by atoms with van der Waals surface area (Å²) in [7, 11) is 0. The molecule has 0 aliphatic rings. The van der Waals surface area contributed by atoms with Gasteiger partial charge in [0.05, 0.1) is 6.10 Å². The van der Waals surface area contributed by atoms with E-state index in [0.29, 0.717) is 0 Å². The molecule has 3 heteroatoms. The fourth-order valence-electron chi connectivity index (χ4n) is 1.54. The van der Waals surface area contributed by atoms with E-state index in [1.807, 2.05) is 61.5 Å². The molecular weight excluding hydrogens is 256 g/mol. The third kappa shape index (κ3) is 4.62. The molecule has 0 aromatic heterocycles. The van der Waals surface area contributed by atoms with Gasteiger partial charge in [0.15, 0.2) is 0 Å². The quantitative estimate of drug-likeness (QED) is 0.794. The van der Waals surface area contributed by atoms with E-state index in [4.69, 9.17) is 4.74 Å². The van der Waals surface area contributed by atoms with Crippen LogP contribution in [0.25, 0.3) is 0 Å². The number of hydrogen-bond donors (Lipinski definition) is 1. The molecule has 1 unspecified atom stereocenters. The number of aliphatic hydroxyl groups is 1. The largest absolute Gasteiger partial charge is 0.457 e. The van der Waals surface area contributed by atoms with Gasteiger partial charge in [0.2, 0.25) is 0 Å². The standard InChI is InChI=1S/C16H18O2S/c1-2-13(17)12-19-16-10-8-15(9-11-16)18-14-6-4-3-5-7-14/h3-11,13,17H,2,12H2,1H3. The first-order valence-corrected chi connectivity index (χ1v) is 7.40. The number of aliphatic hydroxyl groups excluding tert-OH is 1. The first-order valence-electron chi connectivity index (χ1n) is 6.41. The van der Waals surface area contributed by atoms with Crippen LogP contribution in [0.15, 0.2) is 59.5 Å². The van der Waals surface area contributed by atoms with Gasteiger partial charge in [-0.05, 0) is 42.8 Å². The van der Waals surface area contributed by atoms with Crippen molar-refractivity contribution < 1.29 is 9.84 Å². The summed E-state index contributed by atoms with van der Waals surface area (Å²) in [6, 6.07) is 17.7. The lowest BCUT2D eigenvalue weighted by Crippen LogP contribution is -2.06. The molecule has 0 heterocycles. The number of ether oxygens (including phenoxy) is 1. The molecule has 0 saturated carbocycles. The minimum Gasteiger partial charge on any atom is -0.457 e. The monoisotopic (exact) mass is 274 g/mol. The SMILES string of the molecule is CCC(O)CSc1ccc(Oc2ccccc2)cc1. The van der Waals surface area contributed by atoms with E-state index in [0.717, 1.165) is 28.6 Å². The highest BCUT2D eigenvalue weighted by Crippen LogP contribution is 2.25. The van der Waals surface area contributed by atoms with Crippen molar-refractivity contribution >= 4 is 11.8 Å². The van der Waals surface area contributed by atoms with E-state index in [9.17, 15) is 5.11 Å². The summed E-state index contributed by atoms with van der Waals surface area (Å²) >= 11 is 1.66. The number of hydrogen-bond acceptors (Lipinski definition) is 3. The molecule has 0 amide bonds.